The summed E-state index contributed by atoms with van der Waals surface area (Å²) in [7, 11) is 0. The van der Waals surface area contributed by atoms with E-state index in [2.05, 4.69) is 31.9 Å². The monoisotopic (exact) mass is 490 g/mol. The number of carboxylic acid groups (broad SMARTS) is 1. The fourth-order valence-corrected chi connectivity index (χ4v) is 3.88. The maximum atomic E-state index is 13.2. The number of carbonyl (C=O) groups excluding carboxylic acids is 1. The second-order valence-corrected chi connectivity index (χ2v) is 8.41. The van der Waals surface area contributed by atoms with E-state index >= 15 is 0 Å². The molecule has 0 spiro atoms. The zero-order chi connectivity index (χ0) is 18.7. The molecule has 1 N–H and O–H groups in total. The molecule has 0 aliphatic heterocycles. The number of rotatable bonds is 6. The number of hydrogen-bond donors (Lipinski definition) is 1. The summed E-state index contributed by atoms with van der Waals surface area (Å²) in [4.78, 5) is 22.1. The minimum absolute atomic E-state index is 0.00534. The lowest BCUT2D eigenvalue weighted by Gasteiger charge is -2.20. The lowest BCUT2D eigenvalue weighted by Crippen LogP contribution is -2.27. The van der Waals surface area contributed by atoms with Crippen molar-refractivity contribution in [3.63, 3.8) is 0 Å². The van der Waals surface area contributed by atoms with Crippen LogP contribution in [0.5, 0.6) is 5.75 Å². The molecule has 1 rings (SSSR count). The van der Waals surface area contributed by atoms with Gasteiger partial charge in [0.2, 0.25) is 0 Å². The van der Waals surface area contributed by atoms with Crippen molar-refractivity contribution < 1.29 is 33.0 Å². The topological polar surface area (TPSA) is 72.8 Å². The van der Waals surface area contributed by atoms with Gasteiger partial charge in [-0.2, -0.15) is 8.78 Å². The van der Waals surface area contributed by atoms with Crippen LogP contribution in [0.15, 0.2) is 26.0 Å². The van der Waals surface area contributed by atoms with Gasteiger partial charge in [0.1, 0.15) is 11.4 Å². The fourth-order valence-electron chi connectivity index (χ4n) is 1.43. The van der Waals surface area contributed by atoms with Crippen molar-refractivity contribution in [1.29, 1.82) is 0 Å². The normalized spacial score (nSPS) is 12.0. The standard InChI is InChI=1S/C14H14Br2F2O5S/c1-13(2,3)23-10(19)6-22-11-8(15)4-7(5-9(11)16)24-14(17,18)12(20)21/h4-5H,6H2,1-3H3,(H,20,21). The number of benzene rings is 1. The van der Waals surface area contributed by atoms with Gasteiger partial charge in [0.25, 0.3) is 0 Å². The van der Waals surface area contributed by atoms with E-state index < -0.39 is 22.8 Å². The Labute approximate surface area is 158 Å². The average molecular weight is 492 g/mol. The van der Waals surface area contributed by atoms with Gasteiger partial charge < -0.3 is 14.6 Å². The van der Waals surface area contributed by atoms with Crippen molar-refractivity contribution in [2.24, 2.45) is 0 Å². The first-order chi connectivity index (χ1) is 10.8. The van der Waals surface area contributed by atoms with Gasteiger partial charge in [0, 0.05) is 4.90 Å². The molecule has 1 aromatic carbocycles. The first-order valence-electron chi connectivity index (χ1n) is 6.46. The van der Waals surface area contributed by atoms with Gasteiger partial charge in [-0.3, -0.25) is 0 Å². The van der Waals surface area contributed by atoms with Crippen molar-refractivity contribution in [2.75, 3.05) is 6.61 Å². The number of thioether (sulfide) groups is 1. The molecule has 5 nitrogen and oxygen atoms in total. The summed E-state index contributed by atoms with van der Waals surface area (Å²) in [5.74, 6) is -2.61. The Balaban J connectivity index is 2.85. The Hall–Kier alpha value is -0.870. The quantitative estimate of drug-likeness (QED) is 0.459. The molecular weight excluding hydrogens is 478 g/mol. The summed E-state index contributed by atoms with van der Waals surface area (Å²) >= 11 is 6.17. The zero-order valence-corrected chi connectivity index (χ0v) is 16.9. The molecule has 0 saturated heterocycles. The van der Waals surface area contributed by atoms with Gasteiger partial charge in [-0.1, -0.05) is 0 Å². The SMILES string of the molecule is CC(C)(C)OC(=O)COc1c(Br)cc(SC(F)(F)C(=O)O)cc1Br. The third kappa shape index (κ3) is 6.56. The van der Waals surface area contributed by atoms with Crippen LogP contribution in [-0.4, -0.2) is 34.5 Å². The highest BCUT2D eigenvalue weighted by molar-refractivity contribution is 9.11. The van der Waals surface area contributed by atoms with Crippen LogP contribution in [0.1, 0.15) is 20.8 Å². The third-order valence-electron chi connectivity index (χ3n) is 2.22. The van der Waals surface area contributed by atoms with E-state index in [0.717, 1.165) is 0 Å². The summed E-state index contributed by atoms with van der Waals surface area (Å²) in [6, 6.07) is 2.55. The van der Waals surface area contributed by atoms with E-state index in [9.17, 15) is 18.4 Å². The molecule has 1 aromatic rings. The first kappa shape index (κ1) is 21.2. The van der Waals surface area contributed by atoms with Crippen LogP contribution >= 0.6 is 43.6 Å². The van der Waals surface area contributed by atoms with Crippen LogP contribution in [-0.2, 0) is 14.3 Å². The van der Waals surface area contributed by atoms with E-state index in [1.54, 1.807) is 20.8 Å². The lowest BCUT2D eigenvalue weighted by molar-refractivity contribution is -0.157. The van der Waals surface area contributed by atoms with Gasteiger partial charge in [0.05, 0.1) is 8.95 Å². The van der Waals surface area contributed by atoms with Gasteiger partial charge in [-0.05, 0) is 76.5 Å². The predicted molar refractivity (Wildman–Crippen MR) is 91.6 cm³/mol. The van der Waals surface area contributed by atoms with E-state index in [1.807, 2.05) is 0 Å². The van der Waals surface area contributed by atoms with Crippen LogP contribution in [0, 0.1) is 0 Å². The van der Waals surface area contributed by atoms with E-state index in [4.69, 9.17) is 14.6 Å². The van der Waals surface area contributed by atoms with Crippen LogP contribution < -0.4 is 4.74 Å². The minimum Gasteiger partial charge on any atom is -0.480 e. The zero-order valence-electron chi connectivity index (χ0n) is 12.9. The smallest absolute Gasteiger partial charge is 0.393 e. The van der Waals surface area contributed by atoms with Crippen LogP contribution in [0.25, 0.3) is 0 Å². The molecule has 134 valence electrons. The molecule has 0 aromatic heterocycles. The van der Waals surface area contributed by atoms with Crippen LogP contribution in [0.3, 0.4) is 0 Å². The van der Waals surface area contributed by atoms with Gasteiger partial charge in [-0.15, -0.1) is 0 Å². The Morgan fingerprint density at radius 1 is 1.21 bits per heavy atom. The number of alkyl halides is 2. The fraction of sp³-hybridized carbons (Fsp3) is 0.429. The number of ether oxygens (including phenoxy) is 2. The second-order valence-electron chi connectivity index (χ2n) is 5.52. The Morgan fingerprint density at radius 2 is 1.71 bits per heavy atom. The molecule has 0 atom stereocenters. The summed E-state index contributed by atoms with van der Waals surface area (Å²) in [5.41, 5.74) is -0.655. The largest absolute Gasteiger partial charge is 0.480 e. The molecule has 0 aliphatic rings. The lowest BCUT2D eigenvalue weighted by atomic mass is 10.2. The molecule has 0 bridgehead atoms. The van der Waals surface area contributed by atoms with Crippen molar-refractivity contribution in [3.05, 3.63) is 21.1 Å². The Bertz CT molecular complexity index is 624. The molecule has 0 fully saturated rings. The molecule has 0 heterocycles. The highest BCUT2D eigenvalue weighted by Crippen LogP contribution is 2.42. The van der Waals surface area contributed by atoms with Crippen molar-refractivity contribution >= 4 is 55.6 Å². The molecule has 0 unspecified atom stereocenters. The number of aliphatic carboxylic acids is 1. The summed E-state index contributed by atoms with van der Waals surface area (Å²) in [6.45, 7) is 4.77. The second kappa shape index (κ2) is 8.01. The number of hydrogen-bond acceptors (Lipinski definition) is 5. The summed E-state index contributed by atoms with van der Waals surface area (Å²) in [6.07, 6.45) is 0. The van der Waals surface area contributed by atoms with Crippen LogP contribution in [0.4, 0.5) is 8.78 Å². The average Bonchev–Trinajstić information content (AvgIpc) is 2.34. The van der Waals surface area contributed by atoms with E-state index in [1.165, 1.54) is 12.1 Å². The molecule has 10 heteroatoms. The highest BCUT2D eigenvalue weighted by atomic mass is 79.9. The molecule has 24 heavy (non-hydrogen) atoms. The molecular formula is C14H14Br2F2O5S. The third-order valence-corrected chi connectivity index (χ3v) is 4.30. The maximum Gasteiger partial charge on any atom is 0.393 e. The van der Waals surface area contributed by atoms with Crippen molar-refractivity contribution in [2.45, 2.75) is 36.5 Å². The van der Waals surface area contributed by atoms with E-state index in [0.29, 0.717) is 0 Å². The van der Waals surface area contributed by atoms with Gasteiger partial charge >= 0.3 is 17.2 Å². The summed E-state index contributed by atoms with van der Waals surface area (Å²) < 4.78 is 37.5. The molecule has 0 amide bonds. The Morgan fingerprint density at radius 3 is 2.12 bits per heavy atom. The molecule has 0 aliphatic carbocycles. The molecule has 0 radical (unpaired) electrons. The van der Waals surface area contributed by atoms with E-state index in [-0.39, 0.29) is 38.0 Å². The highest BCUT2D eigenvalue weighted by Gasteiger charge is 2.40. The number of esters is 1. The Kier molecular flexibility index (Phi) is 7.06. The number of carbonyl (C=O) groups is 2. The summed E-state index contributed by atoms with van der Waals surface area (Å²) in [5, 5.41) is 4.50. The predicted octanol–water partition coefficient (Wildman–Crippen LogP) is 4.70. The van der Waals surface area contributed by atoms with Crippen LogP contribution in [0.2, 0.25) is 0 Å². The van der Waals surface area contributed by atoms with Crippen molar-refractivity contribution in [3.8, 4) is 5.75 Å². The molecule has 0 saturated carbocycles. The number of halogens is 4. The first-order valence-corrected chi connectivity index (χ1v) is 8.86. The number of carboxylic acids is 1. The van der Waals surface area contributed by atoms with Gasteiger partial charge in [0.15, 0.2) is 6.61 Å². The van der Waals surface area contributed by atoms with Gasteiger partial charge in [-0.25, -0.2) is 9.59 Å². The maximum absolute atomic E-state index is 13.2. The minimum atomic E-state index is -3.96. The van der Waals surface area contributed by atoms with Crippen molar-refractivity contribution in [1.82, 2.24) is 0 Å².